The fraction of sp³-hybridized carbons (Fsp3) is 0.393. The number of rotatable bonds is 7. The fourth-order valence-corrected chi connectivity index (χ4v) is 6.26. The van der Waals surface area contributed by atoms with Gasteiger partial charge in [0.1, 0.15) is 10.8 Å². The summed E-state index contributed by atoms with van der Waals surface area (Å²) in [6, 6.07) is 13.1. The first kappa shape index (κ1) is 26.4. The number of aliphatic hydroxyl groups excluding tert-OH is 1. The summed E-state index contributed by atoms with van der Waals surface area (Å²) in [5.41, 5.74) is 1.89. The van der Waals surface area contributed by atoms with E-state index in [-0.39, 0.29) is 30.5 Å². The summed E-state index contributed by atoms with van der Waals surface area (Å²) < 4.78 is 40.5. The zero-order chi connectivity index (χ0) is 27.1. The summed E-state index contributed by atoms with van der Waals surface area (Å²) in [5.74, 6) is 1.34. The molecular weight excluding hydrogens is 511 g/mol. The van der Waals surface area contributed by atoms with Crippen molar-refractivity contribution >= 4 is 33.3 Å². The Morgan fingerprint density at radius 3 is 2.61 bits per heavy atom. The first-order valence-corrected chi connectivity index (χ1v) is 13.4. The van der Waals surface area contributed by atoms with E-state index in [0.717, 1.165) is 45.8 Å². The maximum absolute atomic E-state index is 13.2. The molecule has 200 valence electrons. The van der Waals surface area contributed by atoms with Crippen LogP contribution in [0.3, 0.4) is 0 Å². The summed E-state index contributed by atoms with van der Waals surface area (Å²) in [6.45, 7) is 6.45. The number of halogens is 3. The number of alkyl halides is 3. The molecule has 2 heterocycles. The molecule has 0 saturated heterocycles. The van der Waals surface area contributed by atoms with Gasteiger partial charge >= 0.3 is 6.18 Å². The van der Waals surface area contributed by atoms with E-state index in [4.69, 9.17) is 9.97 Å². The molecule has 1 aliphatic carbocycles. The van der Waals surface area contributed by atoms with Crippen LogP contribution in [0.4, 0.5) is 24.9 Å². The van der Waals surface area contributed by atoms with Gasteiger partial charge < -0.3 is 15.7 Å². The normalized spacial score (nSPS) is 21.7. The first-order chi connectivity index (χ1) is 18.1. The molecule has 0 aliphatic heterocycles. The maximum Gasteiger partial charge on any atom is 0.416 e. The Morgan fingerprint density at radius 2 is 1.89 bits per heavy atom. The summed E-state index contributed by atoms with van der Waals surface area (Å²) in [5, 5.41) is 17.4. The van der Waals surface area contributed by atoms with Gasteiger partial charge in [-0.3, -0.25) is 0 Å². The second kappa shape index (κ2) is 10.1. The standard InChI is InChI=1S/C28H30F3N5OS/c1-16-19(15-37)11-12-27(16,3)36-24-23(25-34-21-9-4-5-10-22(21)38-25)17(2)33-26(35-24)32-14-18-7-6-8-20(13-18)28(29,30)31/h4-10,13,16,19,37H,11-12,14-15H2,1-3H3,(H2,32,33,35,36)/t16-,19-,27+/m1/s1. The third kappa shape index (κ3) is 5.19. The number of hydrogen-bond acceptors (Lipinski definition) is 7. The number of nitrogens with zero attached hydrogens (tertiary/aromatic N) is 3. The molecule has 3 atom stereocenters. The summed E-state index contributed by atoms with van der Waals surface area (Å²) in [7, 11) is 0. The van der Waals surface area contributed by atoms with E-state index in [9.17, 15) is 18.3 Å². The minimum atomic E-state index is -4.40. The first-order valence-electron chi connectivity index (χ1n) is 12.6. The van der Waals surface area contributed by atoms with E-state index < -0.39 is 11.7 Å². The molecule has 0 amide bonds. The van der Waals surface area contributed by atoms with Gasteiger partial charge in [0, 0.05) is 18.7 Å². The van der Waals surface area contributed by atoms with Crippen molar-refractivity contribution in [3.63, 3.8) is 0 Å². The predicted molar refractivity (Wildman–Crippen MR) is 145 cm³/mol. The molecule has 0 radical (unpaired) electrons. The van der Waals surface area contributed by atoms with Gasteiger partial charge in [-0.15, -0.1) is 11.3 Å². The molecule has 1 fully saturated rings. The molecule has 1 saturated carbocycles. The second-order valence-electron chi connectivity index (χ2n) is 10.2. The number of aromatic nitrogens is 3. The highest BCUT2D eigenvalue weighted by Crippen LogP contribution is 2.44. The smallest absolute Gasteiger partial charge is 0.396 e. The molecule has 10 heteroatoms. The van der Waals surface area contributed by atoms with Gasteiger partial charge in [0.2, 0.25) is 5.95 Å². The Hall–Kier alpha value is -3.24. The fourth-order valence-electron chi connectivity index (χ4n) is 5.20. The Balaban J connectivity index is 1.51. The van der Waals surface area contributed by atoms with Gasteiger partial charge in [-0.2, -0.15) is 18.2 Å². The van der Waals surface area contributed by atoms with Gasteiger partial charge in [0.05, 0.1) is 27.0 Å². The molecule has 2 aromatic heterocycles. The zero-order valence-corrected chi connectivity index (χ0v) is 22.2. The van der Waals surface area contributed by atoms with Gasteiger partial charge in [0.25, 0.3) is 0 Å². The number of para-hydroxylation sites is 1. The van der Waals surface area contributed by atoms with Crippen LogP contribution in [-0.4, -0.2) is 32.2 Å². The van der Waals surface area contributed by atoms with Gasteiger partial charge in [-0.05, 0) is 68.4 Å². The molecule has 5 rings (SSSR count). The van der Waals surface area contributed by atoms with Crippen molar-refractivity contribution in [3.05, 3.63) is 65.4 Å². The molecular formula is C28H30F3N5OS. The highest BCUT2D eigenvalue weighted by Gasteiger charge is 2.43. The number of hydrogen-bond donors (Lipinski definition) is 3. The van der Waals surface area contributed by atoms with Crippen molar-refractivity contribution in [2.45, 2.75) is 51.9 Å². The van der Waals surface area contributed by atoms with Crippen molar-refractivity contribution in [1.82, 2.24) is 15.0 Å². The lowest BCUT2D eigenvalue weighted by Crippen LogP contribution is -2.40. The average Bonchev–Trinajstić information content (AvgIpc) is 3.42. The van der Waals surface area contributed by atoms with Gasteiger partial charge in [-0.25, -0.2) is 9.97 Å². The number of fused-ring (bicyclic) bond motifs is 1. The van der Waals surface area contributed by atoms with Crippen LogP contribution in [0.25, 0.3) is 20.8 Å². The van der Waals surface area contributed by atoms with Crippen LogP contribution in [0.5, 0.6) is 0 Å². The highest BCUT2D eigenvalue weighted by atomic mass is 32.1. The number of thiazole rings is 1. The number of aryl methyl sites for hydroxylation is 1. The zero-order valence-electron chi connectivity index (χ0n) is 21.4. The van der Waals surface area contributed by atoms with Crippen molar-refractivity contribution < 1.29 is 18.3 Å². The number of nitrogens with one attached hydrogen (secondary N) is 2. The van der Waals surface area contributed by atoms with Gasteiger partial charge in [-0.1, -0.05) is 31.2 Å². The van der Waals surface area contributed by atoms with Crippen LogP contribution in [0.2, 0.25) is 0 Å². The lowest BCUT2D eigenvalue weighted by atomic mass is 9.86. The Kier molecular flexibility index (Phi) is 7.04. The SMILES string of the molecule is Cc1nc(NCc2cccc(C(F)(F)F)c2)nc(N[C@@]2(C)CC[C@H](CO)[C@H]2C)c1-c1nc2ccccc2s1. The largest absolute Gasteiger partial charge is 0.416 e. The monoisotopic (exact) mass is 541 g/mol. The van der Waals surface area contributed by atoms with E-state index in [1.807, 2.05) is 31.2 Å². The van der Waals surface area contributed by atoms with E-state index in [2.05, 4.69) is 29.5 Å². The number of benzene rings is 2. The Bertz CT molecular complexity index is 1420. The molecule has 6 nitrogen and oxygen atoms in total. The quantitative estimate of drug-likeness (QED) is 0.236. The molecule has 38 heavy (non-hydrogen) atoms. The molecule has 0 spiro atoms. The predicted octanol–water partition coefficient (Wildman–Crippen LogP) is 6.90. The van der Waals surface area contributed by atoms with Crippen molar-refractivity contribution in [3.8, 4) is 10.6 Å². The molecule has 0 bridgehead atoms. The van der Waals surface area contributed by atoms with Crippen molar-refractivity contribution in [2.75, 3.05) is 17.2 Å². The van der Waals surface area contributed by atoms with E-state index in [1.165, 1.54) is 6.07 Å². The summed E-state index contributed by atoms with van der Waals surface area (Å²) in [6.07, 6.45) is -2.63. The molecule has 3 N–H and O–H groups in total. The van der Waals surface area contributed by atoms with Gasteiger partial charge in [0.15, 0.2) is 0 Å². The molecule has 4 aromatic rings. The molecule has 0 unspecified atom stereocenters. The minimum absolute atomic E-state index is 0.135. The lowest BCUT2D eigenvalue weighted by Gasteiger charge is -2.34. The maximum atomic E-state index is 13.2. The highest BCUT2D eigenvalue weighted by molar-refractivity contribution is 7.21. The second-order valence-corrected chi connectivity index (χ2v) is 11.2. The lowest BCUT2D eigenvalue weighted by molar-refractivity contribution is -0.137. The Morgan fingerprint density at radius 1 is 1.11 bits per heavy atom. The van der Waals surface area contributed by atoms with E-state index in [1.54, 1.807) is 17.4 Å². The van der Waals surface area contributed by atoms with Crippen molar-refractivity contribution in [2.24, 2.45) is 11.8 Å². The molecule has 2 aromatic carbocycles. The van der Waals surface area contributed by atoms with Crippen LogP contribution in [0.15, 0.2) is 48.5 Å². The minimum Gasteiger partial charge on any atom is -0.396 e. The Labute approximate surface area is 223 Å². The van der Waals surface area contributed by atoms with Crippen LogP contribution < -0.4 is 10.6 Å². The van der Waals surface area contributed by atoms with Crippen LogP contribution in [-0.2, 0) is 12.7 Å². The summed E-state index contributed by atoms with van der Waals surface area (Å²) >= 11 is 1.56. The molecule has 1 aliphatic rings. The average molecular weight is 542 g/mol. The summed E-state index contributed by atoms with van der Waals surface area (Å²) in [4.78, 5) is 14.3. The number of anilines is 2. The van der Waals surface area contributed by atoms with E-state index >= 15 is 0 Å². The van der Waals surface area contributed by atoms with Crippen LogP contribution in [0, 0.1) is 18.8 Å². The van der Waals surface area contributed by atoms with Crippen molar-refractivity contribution in [1.29, 1.82) is 0 Å². The number of aliphatic hydroxyl groups is 1. The van der Waals surface area contributed by atoms with Crippen LogP contribution >= 0.6 is 11.3 Å². The third-order valence-corrected chi connectivity index (χ3v) is 8.74. The van der Waals surface area contributed by atoms with E-state index in [0.29, 0.717) is 23.0 Å². The topological polar surface area (TPSA) is 83.0 Å². The van der Waals surface area contributed by atoms with Crippen LogP contribution in [0.1, 0.15) is 43.5 Å². The third-order valence-electron chi connectivity index (χ3n) is 7.69.